The molecule has 0 saturated heterocycles. The molecule has 2 rings (SSSR count). The highest BCUT2D eigenvalue weighted by atomic mass is 32.1. The number of terminal acetylenes is 1. The summed E-state index contributed by atoms with van der Waals surface area (Å²) in [5, 5.41) is 4.09. The van der Waals surface area contributed by atoms with E-state index in [0.29, 0.717) is 4.88 Å². The van der Waals surface area contributed by atoms with Gasteiger partial charge in [-0.1, -0.05) is 38.0 Å². The van der Waals surface area contributed by atoms with Crippen LogP contribution in [0.2, 0.25) is 0 Å². The Labute approximate surface area is 117 Å². The molecule has 0 aliphatic rings. The van der Waals surface area contributed by atoms with Crippen LogP contribution in [0.3, 0.4) is 0 Å². The van der Waals surface area contributed by atoms with Crippen LogP contribution in [-0.4, -0.2) is 11.4 Å². The largest absolute Gasteiger partial charge is 0.335 e. The van der Waals surface area contributed by atoms with Gasteiger partial charge < -0.3 is 5.32 Å². The topological polar surface area (TPSA) is 29.1 Å². The van der Waals surface area contributed by atoms with Crippen LogP contribution in [0.4, 0.5) is 0 Å². The van der Waals surface area contributed by atoms with Crippen molar-refractivity contribution in [2.45, 2.75) is 32.2 Å². The Hall–Kier alpha value is -1.79. The van der Waals surface area contributed by atoms with Gasteiger partial charge in [-0.05, 0) is 30.4 Å². The number of fused-ring (bicyclic) bond motifs is 1. The standard InChI is InChI=1S/C16H17NOS/c1-4-16(5-2,6-3)17-15(18)14-11-12-9-7-8-10-13(12)19-14/h1,7-11H,5-6H2,2-3H3,(H,17,18). The van der Waals surface area contributed by atoms with Crippen molar-refractivity contribution in [3.05, 3.63) is 35.2 Å². The number of hydrogen-bond donors (Lipinski definition) is 1. The lowest BCUT2D eigenvalue weighted by Gasteiger charge is -2.26. The highest BCUT2D eigenvalue weighted by Crippen LogP contribution is 2.26. The third-order valence-corrected chi connectivity index (χ3v) is 4.60. The smallest absolute Gasteiger partial charge is 0.262 e. The first-order valence-corrected chi connectivity index (χ1v) is 7.24. The van der Waals surface area contributed by atoms with E-state index in [9.17, 15) is 4.79 Å². The van der Waals surface area contributed by atoms with Gasteiger partial charge in [0.1, 0.15) is 5.54 Å². The molecule has 0 fully saturated rings. The number of hydrogen-bond acceptors (Lipinski definition) is 2. The summed E-state index contributed by atoms with van der Waals surface area (Å²) in [5.41, 5.74) is -0.534. The molecular weight excluding hydrogens is 254 g/mol. The van der Waals surface area contributed by atoms with Gasteiger partial charge in [0.05, 0.1) is 4.88 Å². The molecule has 0 aliphatic carbocycles. The summed E-state index contributed by atoms with van der Waals surface area (Å²) in [6, 6.07) is 9.90. The van der Waals surface area contributed by atoms with Crippen LogP contribution in [0.15, 0.2) is 30.3 Å². The SMILES string of the molecule is C#CC(CC)(CC)NC(=O)c1cc2ccccc2s1. The fraction of sp³-hybridized carbons (Fsp3) is 0.312. The lowest BCUT2D eigenvalue weighted by molar-refractivity contribution is 0.0920. The molecule has 0 unspecified atom stereocenters. The van der Waals surface area contributed by atoms with E-state index >= 15 is 0 Å². The molecule has 3 heteroatoms. The summed E-state index contributed by atoms with van der Waals surface area (Å²) in [4.78, 5) is 13.0. The van der Waals surface area contributed by atoms with E-state index < -0.39 is 5.54 Å². The third-order valence-electron chi connectivity index (χ3n) is 3.49. The van der Waals surface area contributed by atoms with Gasteiger partial charge in [0.25, 0.3) is 5.91 Å². The summed E-state index contributed by atoms with van der Waals surface area (Å²) >= 11 is 1.50. The normalized spacial score (nSPS) is 11.2. The Bertz CT molecular complexity index is 598. The molecule has 1 N–H and O–H groups in total. The molecule has 1 aromatic carbocycles. The van der Waals surface area contributed by atoms with Gasteiger partial charge in [-0.25, -0.2) is 0 Å². The van der Waals surface area contributed by atoms with Crippen LogP contribution in [0.5, 0.6) is 0 Å². The second-order valence-electron chi connectivity index (χ2n) is 4.54. The molecule has 19 heavy (non-hydrogen) atoms. The monoisotopic (exact) mass is 271 g/mol. The highest BCUT2D eigenvalue weighted by Gasteiger charge is 2.26. The van der Waals surface area contributed by atoms with E-state index in [1.165, 1.54) is 11.3 Å². The van der Waals surface area contributed by atoms with Crippen LogP contribution >= 0.6 is 11.3 Å². The lowest BCUT2D eigenvalue weighted by Crippen LogP contribution is -2.46. The lowest BCUT2D eigenvalue weighted by atomic mass is 9.94. The Kier molecular flexibility index (Phi) is 3.92. The molecule has 0 atom stereocenters. The van der Waals surface area contributed by atoms with E-state index in [0.717, 1.165) is 22.9 Å². The van der Waals surface area contributed by atoms with Crippen LogP contribution in [0.1, 0.15) is 36.4 Å². The predicted octanol–water partition coefficient (Wildman–Crippen LogP) is 3.82. The minimum absolute atomic E-state index is 0.0807. The fourth-order valence-corrected chi connectivity index (χ4v) is 3.00. The molecule has 1 heterocycles. The van der Waals surface area contributed by atoms with Gasteiger partial charge in [0.15, 0.2) is 0 Å². The van der Waals surface area contributed by atoms with E-state index in [1.807, 2.05) is 44.2 Å². The maximum absolute atomic E-state index is 12.3. The van der Waals surface area contributed by atoms with E-state index in [1.54, 1.807) is 0 Å². The van der Waals surface area contributed by atoms with Crippen molar-refractivity contribution in [1.29, 1.82) is 0 Å². The number of thiophene rings is 1. The second kappa shape index (κ2) is 5.46. The summed E-state index contributed by atoms with van der Waals surface area (Å²) < 4.78 is 1.12. The molecule has 2 nitrogen and oxygen atoms in total. The predicted molar refractivity (Wildman–Crippen MR) is 81.4 cm³/mol. The van der Waals surface area contributed by atoms with Gasteiger partial charge in [-0.2, -0.15) is 0 Å². The number of carbonyl (C=O) groups excluding carboxylic acids is 1. The van der Waals surface area contributed by atoms with E-state index in [-0.39, 0.29) is 5.91 Å². The van der Waals surface area contributed by atoms with E-state index in [4.69, 9.17) is 6.42 Å². The van der Waals surface area contributed by atoms with Gasteiger partial charge >= 0.3 is 0 Å². The average molecular weight is 271 g/mol. The van der Waals surface area contributed by atoms with Gasteiger partial charge in [0, 0.05) is 4.70 Å². The Morgan fingerprint density at radius 1 is 1.37 bits per heavy atom. The summed E-state index contributed by atoms with van der Waals surface area (Å²) in [5.74, 6) is 2.64. The maximum Gasteiger partial charge on any atom is 0.262 e. The molecule has 0 bridgehead atoms. The summed E-state index contributed by atoms with van der Waals surface area (Å²) in [7, 11) is 0. The maximum atomic E-state index is 12.3. The summed E-state index contributed by atoms with van der Waals surface area (Å²) in [6.07, 6.45) is 7.03. The molecule has 98 valence electrons. The number of carbonyl (C=O) groups is 1. The van der Waals surface area contributed by atoms with Crippen LogP contribution < -0.4 is 5.32 Å². The van der Waals surface area contributed by atoms with Crippen molar-refractivity contribution in [3.63, 3.8) is 0 Å². The Balaban J connectivity index is 2.27. The Morgan fingerprint density at radius 2 is 2.05 bits per heavy atom. The van der Waals surface area contributed by atoms with Crippen molar-refractivity contribution >= 4 is 27.3 Å². The number of benzene rings is 1. The third kappa shape index (κ3) is 2.64. The number of nitrogens with one attached hydrogen (secondary N) is 1. The molecule has 2 aromatic rings. The highest BCUT2D eigenvalue weighted by molar-refractivity contribution is 7.20. The van der Waals surface area contributed by atoms with Crippen LogP contribution in [0.25, 0.3) is 10.1 Å². The molecular formula is C16H17NOS. The van der Waals surface area contributed by atoms with Crippen molar-refractivity contribution in [1.82, 2.24) is 5.32 Å². The van der Waals surface area contributed by atoms with Crippen molar-refractivity contribution in [2.24, 2.45) is 0 Å². The number of rotatable bonds is 4. The van der Waals surface area contributed by atoms with E-state index in [2.05, 4.69) is 11.2 Å². The minimum atomic E-state index is -0.534. The zero-order chi connectivity index (χ0) is 13.9. The second-order valence-corrected chi connectivity index (χ2v) is 5.62. The first-order valence-electron chi connectivity index (χ1n) is 6.43. The van der Waals surface area contributed by atoms with Crippen molar-refractivity contribution in [2.75, 3.05) is 0 Å². The molecule has 0 spiro atoms. The molecule has 0 aliphatic heterocycles. The zero-order valence-electron chi connectivity index (χ0n) is 11.2. The van der Waals surface area contributed by atoms with Gasteiger partial charge in [-0.15, -0.1) is 17.8 Å². The number of amides is 1. The average Bonchev–Trinajstić information content (AvgIpc) is 2.89. The zero-order valence-corrected chi connectivity index (χ0v) is 12.0. The fourth-order valence-electron chi connectivity index (χ4n) is 2.04. The van der Waals surface area contributed by atoms with Crippen LogP contribution in [-0.2, 0) is 0 Å². The Morgan fingerprint density at radius 3 is 2.63 bits per heavy atom. The van der Waals surface area contributed by atoms with Gasteiger partial charge in [0.2, 0.25) is 0 Å². The molecule has 0 saturated carbocycles. The minimum Gasteiger partial charge on any atom is -0.335 e. The quantitative estimate of drug-likeness (QED) is 0.841. The summed E-state index contributed by atoms with van der Waals surface area (Å²) in [6.45, 7) is 3.99. The molecule has 1 amide bonds. The molecule has 1 aromatic heterocycles. The first-order chi connectivity index (χ1) is 9.14. The first kappa shape index (κ1) is 13.6. The molecule has 0 radical (unpaired) electrons. The van der Waals surface area contributed by atoms with Gasteiger partial charge in [-0.3, -0.25) is 4.79 Å². The van der Waals surface area contributed by atoms with Crippen LogP contribution in [0, 0.1) is 12.3 Å². The van der Waals surface area contributed by atoms with Crippen molar-refractivity contribution in [3.8, 4) is 12.3 Å². The van der Waals surface area contributed by atoms with Crippen molar-refractivity contribution < 1.29 is 4.79 Å².